The van der Waals surface area contributed by atoms with Gasteiger partial charge in [0.25, 0.3) is 0 Å². The average molecular weight is 280 g/mol. The summed E-state index contributed by atoms with van der Waals surface area (Å²) in [4.78, 5) is 2.42. The zero-order valence-corrected chi connectivity index (χ0v) is 12.2. The third-order valence-corrected chi connectivity index (χ3v) is 4.23. The summed E-state index contributed by atoms with van der Waals surface area (Å²) >= 11 is 0. The molecule has 1 fully saturated rings. The third-order valence-electron chi connectivity index (χ3n) is 4.23. The molecule has 1 aliphatic rings. The first kappa shape index (κ1) is 15.3. The van der Waals surface area contributed by atoms with Crippen molar-refractivity contribution < 1.29 is 9.13 Å². The number of nitrogens with zero attached hydrogens (tertiary/aromatic N) is 1. The summed E-state index contributed by atoms with van der Waals surface area (Å²) in [5.41, 5.74) is 5.82. The van der Waals surface area contributed by atoms with Gasteiger partial charge in [-0.25, -0.2) is 4.39 Å². The maximum Gasteiger partial charge on any atom is 0.123 e. The van der Waals surface area contributed by atoms with Crippen LogP contribution in [0, 0.1) is 11.7 Å². The Balaban J connectivity index is 1.66. The summed E-state index contributed by atoms with van der Waals surface area (Å²) < 4.78 is 18.4. The van der Waals surface area contributed by atoms with Crippen LogP contribution < -0.4 is 10.5 Å². The third kappa shape index (κ3) is 4.18. The summed E-state index contributed by atoms with van der Waals surface area (Å²) in [6.07, 6.45) is 4.79. The van der Waals surface area contributed by atoms with Gasteiger partial charge in [-0.1, -0.05) is 6.42 Å². The lowest BCUT2D eigenvalue weighted by Gasteiger charge is -2.29. The highest BCUT2D eigenvalue weighted by molar-refractivity contribution is 5.21. The molecule has 0 heterocycles. The molecule has 4 heteroatoms. The number of hydrogen-bond acceptors (Lipinski definition) is 3. The van der Waals surface area contributed by atoms with Crippen molar-refractivity contribution in [3.8, 4) is 5.75 Å². The van der Waals surface area contributed by atoms with Gasteiger partial charge in [0.2, 0.25) is 0 Å². The van der Waals surface area contributed by atoms with Crippen LogP contribution in [0.3, 0.4) is 0 Å². The van der Waals surface area contributed by atoms with Crippen LogP contribution in [0.25, 0.3) is 0 Å². The molecule has 0 radical (unpaired) electrons. The molecular formula is C16H25FN2O. The van der Waals surface area contributed by atoms with Crippen LogP contribution >= 0.6 is 0 Å². The van der Waals surface area contributed by atoms with Crippen molar-refractivity contribution in [1.29, 1.82) is 0 Å². The van der Waals surface area contributed by atoms with E-state index in [2.05, 4.69) is 11.9 Å². The van der Waals surface area contributed by atoms with Crippen molar-refractivity contribution in [3.63, 3.8) is 0 Å². The Bertz CT molecular complexity index is 396. The van der Waals surface area contributed by atoms with E-state index in [4.69, 9.17) is 10.5 Å². The molecule has 1 saturated carbocycles. The monoisotopic (exact) mass is 280 g/mol. The van der Waals surface area contributed by atoms with Crippen LogP contribution in [-0.2, 0) is 0 Å². The second-order valence-electron chi connectivity index (χ2n) is 5.63. The van der Waals surface area contributed by atoms with E-state index in [0.717, 1.165) is 25.3 Å². The molecule has 0 bridgehead atoms. The van der Waals surface area contributed by atoms with Crippen molar-refractivity contribution in [1.82, 2.24) is 4.90 Å². The average Bonchev–Trinajstić information content (AvgIpc) is 2.94. The number of nitrogens with two attached hydrogens (primary N) is 1. The lowest BCUT2D eigenvalue weighted by atomic mass is 10.0. The lowest BCUT2D eigenvalue weighted by Crippen LogP contribution is -2.38. The van der Waals surface area contributed by atoms with Crippen molar-refractivity contribution in [3.05, 3.63) is 30.1 Å². The second kappa shape index (κ2) is 7.60. The van der Waals surface area contributed by atoms with Gasteiger partial charge in [-0.15, -0.1) is 0 Å². The predicted octanol–water partition coefficient (Wildman–Crippen LogP) is 2.65. The molecule has 2 rings (SSSR count). The van der Waals surface area contributed by atoms with Crippen molar-refractivity contribution >= 4 is 0 Å². The van der Waals surface area contributed by atoms with E-state index >= 15 is 0 Å². The first-order valence-electron chi connectivity index (χ1n) is 7.49. The number of ether oxygens (including phenoxy) is 1. The number of benzene rings is 1. The van der Waals surface area contributed by atoms with Gasteiger partial charge in [-0.3, -0.25) is 0 Å². The summed E-state index contributed by atoms with van der Waals surface area (Å²) in [5, 5.41) is 0. The summed E-state index contributed by atoms with van der Waals surface area (Å²) in [7, 11) is 2.18. The fraction of sp³-hybridized carbons (Fsp3) is 0.625. The normalized spacial score (nSPS) is 22.4. The zero-order chi connectivity index (χ0) is 14.4. The van der Waals surface area contributed by atoms with E-state index in [1.54, 1.807) is 12.1 Å². The molecule has 0 spiro atoms. The van der Waals surface area contributed by atoms with Gasteiger partial charge in [0, 0.05) is 12.6 Å². The molecule has 2 N–H and O–H groups in total. The first-order chi connectivity index (χ1) is 9.70. The van der Waals surface area contributed by atoms with E-state index in [1.807, 2.05) is 0 Å². The molecule has 0 saturated heterocycles. The molecule has 0 aromatic heterocycles. The van der Waals surface area contributed by atoms with E-state index < -0.39 is 0 Å². The Morgan fingerprint density at radius 2 is 2.05 bits per heavy atom. The quantitative estimate of drug-likeness (QED) is 0.780. The number of halogens is 1. The minimum absolute atomic E-state index is 0.230. The van der Waals surface area contributed by atoms with E-state index in [1.165, 1.54) is 31.4 Å². The Kier molecular flexibility index (Phi) is 5.80. The maximum absolute atomic E-state index is 12.8. The number of hydrogen-bond donors (Lipinski definition) is 1. The molecule has 0 amide bonds. The SMILES string of the molecule is CN(CCCOc1ccc(F)cc1)C1CCCC1CN. The summed E-state index contributed by atoms with van der Waals surface area (Å²) in [5.74, 6) is 1.15. The van der Waals surface area contributed by atoms with Gasteiger partial charge in [0.05, 0.1) is 6.61 Å². The van der Waals surface area contributed by atoms with Gasteiger partial charge in [-0.05, 0) is 63.0 Å². The fourth-order valence-electron chi connectivity index (χ4n) is 3.07. The standard InChI is InChI=1S/C16H25FN2O/c1-19(16-5-2-4-13(16)12-18)10-3-11-20-15-8-6-14(17)7-9-15/h6-9,13,16H,2-5,10-12,18H2,1H3. The van der Waals surface area contributed by atoms with Crippen molar-refractivity contribution in [2.24, 2.45) is 11.7 Å². The first-order valence-corrected chi connectivity index (χ1v) is 7.49. The van der Waals surface area contributed by atoms with Crippen LogP contribution in [0.5, 0.6) is 5.75 Å². The number of rotatable bonds is 7. The Morgan fingerprint density at radius 3 is 2.75 bits per heavy atom. The topological polar surface area (TPSA) is 38.5 Å². The van der Waals surface area contributed by atoms with Crippen LogP contribution in [-0.4, -0.2) is 37.7 Å². The predicted molar refractivity (Wildman–Crippen MR) is 79.3 cm³/mol. The minimum Gasteiger partial charge on any atom is -0.494 e. The molecule has 1 aromatic rings. The van der Waals surface area contributed by atoms with Crippen LogP contribution in [0.1, 0.15) is 25.7 Å². The van der Waals surface area contributed by atoms with E-state index in [-0.39, 0.29) is 5.82 Å². The molecule has 1 aromatic carbocycles. The smallest absolute Gasteiger partial charge is 0.123 e. The molecule has 3 nitrogen and oxygen atoms in total. The lowest BCUT2D eigenvalue weighted by molar-refractivity contribution is 0.183. The van der Waals surface area contributed by atoms with Crippen LogP contribution in [0.2, 0.25) is 0 Å². The minimum atomic E-state index is -0.230. The highest BCUT2D eigenvalue weighted by Gasteiger charge is 2.28. The van der Waals surface area contributed by atoms with Crippen molar-refractivity contribution in [2.75, 3.05) is 26.7 Å². The molecule has 1 aliphatic carbocycles. The van der Waals surface area contributed by atoms with Gasteiger partial charge >= 0.3 is 0 Å². The van der Waals surface area contributed by atoms with E-state index in [0.29, 0.717) is 18.6 Å². The van der Waals surface area contributed by atoms with Gasteiger partial charge in [0.1, 0.15) is 11.6 Å². The Morgan fingerprint density at radius 1 is 1.30 bits per heavy atom. The molecule has 2 atom stereocenters. The van der Waals surface area contributed by atoms with Crippen LogP contribution in [0.15, 0.2) is 24.3 Å². The molecule has 112 valence electrons. The fourth-order valence-corrected chi connectivity index (χ4v) is 3.07. The van der Waals surface area contributed by atoms with Crippen molar-refractivity contribution in [2.45, 2.75) is 31.7 Å². The van der Waals surface area contributed by atoms with Gasteiger partial charge < -0.3 is 15.4 Å². The molecule has 20 heavy (non-hydrogen) atoms. The zero-order valence-electron chi connectivity index (χ0n) is 12.2. The summed E-state index contributed by atoms with van der Waals surface area (Å²) in [6.45, 7) is 2.47. The Labute approximate surface area is 120 Å². The maximum atomic E-state index is 12.8. The largest absolute Gasteiger partial charge is 0.494 e. The van der Waals surface area contributed by atoms with E-state index in [9.17, 15) is 4.39 Å². The highest BCUT2D eigenvalue weighted by Crippen LogP contribution is 2.28. The van der Waals surface area contributed by atoms with Gasteiger partial charge in [-0.2, -0.15) is 0 Å². The second-order valence-corrected chi connectivity index (χ2v) is 5.63. The Hall–Kier alpha value is -1.13. The molecular weight excluding hydrogens is 255 g/mol. The van der Waals surface area contributed by atoms with Crippen LogP contribution in [0.4, 0.5) is 4.39 Å². The molecule has 2 unspecified atom stereocenters. The summed E-state index contributed by atoms with van der Waals surface area (Å²) in [6, 6.07) is 6.81. The van der Waals surface area contributed by atoms with Gasteiger partial charge in [0.15, 0.2) is 0 Å². The molecule has 0 aliphatic heterocycles. The highest BCUT2D eigenvalue weighted by atomic mass is 19.1.